The molecule has 1 N–H and O–H groups in total. The van der Waals surface area contributed by atoms with E-state index < -0.39 is 0 Å². The Balaban J connectivity index is 1.80. The molecule has 6 nitrogen and oxygen atoms in total. The number of amides is 1. The summed E-state index contributed by atoms with van der Waals surface area (Å²) in [4.78, 5) is 22.6. The largest absolute Gasteiger partial charge is 0.352 e. The molecule has 0 bridgehead atoms. The van der Waals surface area contributed by atoms with Crippen molar-refractivity contribution in [2.75, 3.05) is 53.9 Å². The van der Waals surface area contributed by atoms with Crippen molar-refractivity contribution in [3.63, 3.8) is 0 Å². The van der Waals surface area contributed by atoms with Crippen molar-refractivity contribution in [2.24, 2.45) is 15.8 Å². The van der Waals surface area contributed by atoms with Gasteiger partial charge in [0.1, 0.15) is 0 Å². The number of aliphatic imine (C=N–C) groups is 1. The first-order valence-corrected chi connectivity index (χ1v) is 9.02. The molecule has 1 saturated carbocycles. The molecule has 2 fully saturated rings. The Morgan fingerprint density at radius 1 is 1.12 bits per heavy atom. The summed E-state index contributed by atoms with van der Waals surface area (Å²) >= 11 is 0. The summed E-state index contributed by atoms with van der Waals surface area (Å²) in [5.41, 5.74) is 0.606. The van der Waals surface area contributed by atoms with Crippen molar-refractivity contribution in [1.29, 1.82) is 0 Å². The molecule has 1 heterocycles. The van der Waals surface area contributed by atoms with Crippen LogP contribution in [0.1, 0.15) is 34.1 Å². The molecule has 0 radical (unpaired) electrons. The lowest BCUT2D eigenvalue weighted by Crippen LogP contribution is -2.53. The molecule has 6 heteroatoms. The first kappa shape index (κ1) is 19.0. The van der Waals surface area contributed by atoms with Crippen molar-refractivity contribution in [2.45, 2.75) is 40.2 Å². The second-order valence-electron chi connectivity index (χ2n) is 8.43. The number of nitrogens with zero attached hydrogens (tertiary/aromatic N) is 4. The van der Waals surface area contributed by atoms with Crippen LogP contribution in [0.2, 0.25) is 0 Å². The quantitative estimate of drug-likeness (QED) is 0.616. The van der Waals surface area contributed by atoms with Crippen molar-refractivity contribution in [1.82, 2.24) is 20.0 Å². The summed E-state index contributed by atoms with van der Waals surface area (Å²) in [5, 5.41) is 3.67. The van der Waals surface area contributed by atoms with Crippen LogP contribution in [0.15, 0.2) is 4.99 Å². The molecule has 1 aliphatic heterocycles. The van der Waals surface area contributed by atoms with Crippen LogP contribution >= 0.6 is 0 Å². The lowest BCUT2D eigenvalue weighted by Gasteiger charge is -2.36. The third kappa shape index (κ3) is 3.68. The van der Waals surface area contributed by atoms with Gasteiger partial charge in [-0.1, -0.05) is 27.7 Å². The number of nitrogens with one attached hydrogen (secondary N) is 1. The van der Waals surface area contributed by atoms with Gasteiger partial charge in [-0.05, 0) is 10.8 Å². The van der Waals surface area contributed by atoms with E-state index in [-0.39, 0.29) is 5.91 Å². The molecule has 0 atom stereocenters. The standard InChI is InChI=1S/C18H35N5O/c1-17(2)15(18(17,3)4)20-16(19-5)23-12-10-22(11-13-23)9-8-14(24)21(6)7/h15H,8-13H2,1-7H3,(H,19,20). The van der Waals surface area contributed by atoms with E-state index in [1.807, 2.05) is 21.1 Å². The third-order valence-electron chi connectivity index (χ3n) is 6.32. The Morgan fingerprint density at radius 3 is 2.08 bits per heavy atom. The maximum absolute atomic E-state index is 11.7. The molecular formula is C18H35N5O. The first-order chi connectivity index (χ1) is 11.1. The van der Waals surface area contributed by atoms with E-state index in [1.165, 1.54) is 0 Å². The number of carbonyl (C=O) groups is 1. The number of hydrogen-bond acceptors (Lipinski definition) is 3. The van der Waals surface area contributed by atoms with Crippen molar-refractivity contribution < 1.29 is 4.79 Å². The fraction of sp³-hybridized carbons (Fsp3) is 0.889. The van der Waals surface area contributed by atoms with Crippen molar-refractivity contribution >= 4 is 11.9 Å². The van der Waals surface area contributed by atoms with Gasteiger partial charge in [-0.25, -0.2) is 0 Å². The van der Waals surface area contributed by atoms with Crippen LogP contribution in [-0.2, 0) is 4.79 Å². The fourth-order valence-corrected chi connectivity index (χ4v) is 3.64. The fourth-order valence-electron chi connectivity index (χ4n) is 3.64. The van der Waals surface area contributed by atoms with Gasteiger partial charge in [0.2, 0.25) is 5.91 Å². The minimum Gasteiger partial charge on any atom is -0.352 e. The predicted octanol–water partition coefficient (Wildman–Crippen LogP) is 1.09. The van der Waals surface area contributed by atoms with Gasteiger partial charge in [0.25, 0.3) is 0 Å². The molecule has 24 heavy (non-hydrogen) atoms. The lowest BCUT2D eigenvalue weighted by molar-refractivity contribution is -0.129. The highest BCUT2D eigenvalue weighted by atomic mass is 16.2. The van der Waals surface area contributed by atoms with Crippen LogP contribution in [-0.4, -0.2) is 86.5 Å². The van der Waals surface area contributed by atoms with Crippen LogP contribution < -0.4 is 5.32 Å². The minimum atomic E-state index is 0.202. The van der Waals surface area contributed by atoms with Gasteiger partial charge in [-0.2, -0.15) is 0 Å². The summed E-state index contributed by atoms with van der Waals surface area (Å²) in [6.45, 7) is 14.0. The Hall–Kier alpha value is -1.30. The number of hydrogen-bond donors (Lipinski definition) is 1. The van der Waals surface area contributed by atoms with Gasteiger partial charge in [-0.15, -0.1) is 0 Å². The molecule has 0 unspecified atom stereocenters. The average Bonchev–Trinajstić information content (AvgIpc) is 2.92. The van der Waals surface area contributed by atoms with E-state index in [0.717, 1.165) is 38.7 Å². The Bertz CT molecular complexity index is 476. The first-order valence-electron chi connectivity index (χ1n) is 9.02. The highest BCUT2D eigenvalue weighted by Crippen LogP contribution is 2.62. The van der Waals surface area contributed by atoms with Crippen LogP contribution in [0, 0.1) is 10.8 Å². The van der Waals surface area contributed by atoms with E-state index in [0.29, 0.717) is 23.3 Å². The summed E-state index contributed by atoms with van der Waals surface area (Å²) < 4.78 is 0. The second-order valence-corrected chi connectivity index (χ2v) is 8.43. The van der Waals surface area contributed by atoms with Gasteiger partial charge in [0, 0.05) is 66.3 Å². The molecule has 1 saturated heterocycles. The third-order valence-corrected chi connectivity index (χ3v) is 6.32. The highest BCUT2D eigenvalue weighted by molar-refractivity contribution is 5.81. The zero-order valence-electron chi connectivity index (χ0n) is 16.5. The smallest absolute Gasteiger partial charge is 0.223 e. The van der Waals surface area contributed by atoms with Gasteiger partial charge in [0.15, 0.2) is 5.96 Å². The molecule has 138 valence electrons. The zero-order valence-corrected chi connectivity index (χ0v) is 16.5. The van der Waals surface area contributed by atoms with Gasteiger partial charge in [-0.3, -0.25) is 14.7 Å². The topological polar surface area (TPSA) is 51.2 Å². The van der Waals surface area contributed by atoms with E-state index in [9.17, 15) is 4.79 Å². The van der Waals surface area contributed by atoms with Crippen molar-refractivity contribution in [3.8, 4) is 0 Å². The SMILES string of the molecule is CN=C(NC1C(C)(C)C1(C)C)N1CCN(CCC(=O)N(C)C)CC1. The normalized spacial score (nSPS) is 24.0. The Kier molecular flexibility index (Phi) is 5.47. The van der Waals surface area contributed by atoms with Crippen LogP contribution in [0.3, 0.4) is 0 Å². The second kappa shape index (κ2) is 6.90. The van der Waals surface area contributed by atoms with Crippen LogP contribution in [0.4, 0.5) is 0 Å². The number of rotatable bonds is 4. The van der Waals surface area contributed by atoms with Crippen molar-refractivity contribution in [3.05, 3.63) is 0 Å². The molecule has 1 amide bonds. The molecule has 0 aromatic rings. The number of piperazine rings is 1. The summed E-state index contributed by atoms with van der Waals surface area (Å²) in [5.74, 6) is 1.22. The molecule has 1 aliphatic carbocycles. The van der Waals surface area contributed by atoms with E-state index in [4.69, 9.17) is 0 Å². The molecule has 2 rings (SSSR count). The lowest BCUT2D eigenvalue weighted by atomic mass is 10.0. The van der Waals surface area contributed by atoms with E-state index in [2.05, 4.69) is 47.8 Å². The summed E-state index contributed by atoms with van der Waals surface area (Å²) in [6.07, 6.45) is 0.602. The minimum absolute atomic E-state index is 0.202. The Labute approximate surface area is 147 Å². The molecule has 0 aromatic carbocycles. The van der Waals surface area contributed by atoms with Crippen LogP contribution in [0.5, 0.6) is 0 Å². The van der Waals surface area contributed by atoms with E-state index >= 15 is 0 Å². The van der Waals surface area contributed by atoms with Gasteiger partial charge in [0.05, 0.1) is 0 Å². The highest BCUT2D eigenvalue weighted by Gasteiger charge is 2.65. The molecule has 0 spiro atoms. The zero-order chi connectivity index (χ0) is 18.1. The Morgan fingerprint density at radius 2 is 1.67 bits per heavy atom. The predicted molar refractivity (Wildman–Crippen MR) is 99.2 cm³/mol. The van der Waals surface area contributed by atoms with Gasteiger partial charge >= 0.3 is 0 Å². The summed E-state index contributed by atoms with van der Waals surface area (Å²) in [7, 11) is 5.50. The molecule has 2 aliphatic rings. The van der Waals surface area contributed by atoms with Gasteiger partial charge < -0.3 is 15.1 Å². The average molecular weight is 338 g/mol. The summed E-state index contributed by atoms with van der Waals surface area (Å²) in [6, 6.07) is 0.472. The number of carbonyl (C=O) groups excluding carboxylic acids is 1. The maximum atomic E-state index is 11.7. The number of guanidine groups is 1. The monoisotopic (exact) mass is 337 g/mol. The molecular weight excluding hydrogens is 302 g/mol. The van der Waals surface area contributed by atoms with Crippen LogP contribution in [0.25, 0.3) is 0 Å². The molecule has 0 aromatic heterocycles. The maximum Gasteiger partial charge on any atom is 0.223 e. The van der Waals surface area contributed by atoms with E-state index in [1.54, 1.807) is 4.90 Å².